The van der Waals surface area contributed by atoms with E-state index in [1.54, 1.807) is 0 Å². The van der Waals surface area contributed by atoms with E-state index in [1.807, 2.05) is 30.2 Å². The lowest BCUT2D eigenvalue weighted by Crippen LogP contribution is -2.45. The van der Waals surface area contributed by atoms with E-state index in [-0.39, 0.29) is 17.5 Å². The summed E-state index contributed by atoms with van der Waals surface area (Å²) in [5.41, 5.74) is 2.30. The van der Waals surface area contributed by atoms with E-state index >= 15 is 0 Å². The van der Waals surface area contributed by atoms with Crippen LogP contribution >= 0.6 is 0 Å². The number of rotatable bonds is 3. The highest BCUT2D eigenvalue weighted by molar-refractivity contribution is 5.75. The van der Waals surface area contributed by atoms with Crippen molar-refractivity contribution >= 4 is 6.03 Å². The molecule has 0 aliphatic carbocycles. The Morgan fingerprint density at radius 1 is 1.45 bits per heavy atom. The highest BCUT2D eigenvalue weighted by Crippen LogP contribution is 2.43. The number of ether oxygens (including phenoxy) is 1. The Labute approximate surface area is 132 Å². The van der Waals surface area contributed by atoms with Crippen molar-refractivity contribution in [3.63, 3.8) is 0 Å². The Morgan fingerprint density at radius 2 is 2.27 bits per heavy atom. The third kappa shape index (κ3) is 2.95. The van der Waals surface area contributed by atoms with Gasteiger partial charge in [0.25, 0.3) is 0 Å². The number of pyridine rings is 1. The highest BCUT2D eigenvalue weighted by Gasteiger charge is 2.51. The zero-order valence-electron chi connectivity index (χ0n) is 13.6. The first-order chi connectivity index (χ1) is 10.5. The molecular weight excluding hydrogens is 278 g/mol. The van der Waals surface area contributed by atoms with Gasteiger partial charge in [0.1, 0.15) is 0 Å². The molecule has 3 heterocycles. The molecule has 0 bridgehead atoms. The molecule has 2 aliphatic heterocycles. The summed E-state index contributed by atoms with van der Waals surface area (Å²) in [6, 6.07) is 4.32. The van der Waals surface area contributed by atoms with E-state index in [9.17, 15) is 4.79 Å². The molecule has 0 spiro atoms. The van der Waals surface area contributed by atoms with Gasteiger partial charge in [-0.2, -0.15) is 0 Å². The Kier molecular flexibility index (Phi) is 4.08. The minimum Gasteiger partial charge on any atom is -0.379 e. The van der Waals surface area contributed by atoms with Gasteiger partial charge in [0.2, 0.25) is 0 Å². The lowest BCUT2D eigenvalue weighted by atomic mass is 9.80. The van der Waals surface area contributed by atoms with Crippen molar-refractivity contribution in [2.75, 3.05) is 26.3 Å². The topological polar surface area (TPSA) is 54.5 Å². The Balaban J connectivity index is 1.53. The molecule has 0 radical (unpaired) electrons. The molecule has 5 nitrogen and oxygen atoms in total. The second kappa shape index (κ2) is 5.88. The first kappa shape index (κ1) is 15.3. The molecule has 2 amide bonds. The maximum absolute atomic E-state index is 12.5. The number of carbonyl (C=O) groups is 1. The van der Waals surface area contributed by atoms with E-state index in [1.165, 1.54) is 0 Å². The molecule has 1 aromatic rings. The lowest BCUT2D eigenvalue weighted by Gasteiger charge is -2.24. The number of amides is 2. The summed E-state index contributed by atoms with van der Waals surface area (Å²) in [5.74, 6) is 0.456. The van der Waals surface area contributed by atoms with Crippen LogP contribution in [0.1, 0.15) is 25.1 Å². The molecule has 5 heteroatoms. The standard InChI is InChI=1S/C17H25N3O2/c1-12-4-5-13(19-8-12)6-7-18-16(21)20-11-17(2,3)14-9-22-10-15(14)20/h4-5,8,14-15H,6-7,9-11H2,1-3H3,(H,18,21)/t14-,15+/m1/s1. The first-order valence-electron chi connectivity index (χ1n) is 8.01. The predicted molar refractivity (Wildman–Crippen MR) is 84.7 cm³/mol. The molecule has 2 atom stereocenters. The fourth-order valence-electron chi connectivity index (χ4n) is 3.54. The third-order valence-corrected chi connectivity index (χ3v) is 4.92. The van der Waals surface area contributed by atoms with E-state index in [4.69, 9.17) is 4.74 Å². The molecule has 0 aromatic carbocycles. The van der Waals surface area contributed by atoms with Crippen LogP contribution in [0.4, 0.5) is 4.79 Å². The van der Waals surface area contributed by atoms with Crippen LogP contribution in [-0.2, 0) is 11.2 Å². The van der Waals surface area contributed by atoms with E-state index < -0.39 is 0 Å². The van der Waals surface area contributed by atoms with Crippen molar-refractivity contribution in [2.45, 2.75) is 33.2 Å². The van der Waals surface area contributed by atoms with Crippen LogP contribution in [0.25, 0.3) is 0 Å². The maximum Gasteiger partial charge on any atom is 0.317 e. The van der Waals surface area contributed by atoms with Gasteiger partial charge in [-0.25, -0.2) is 4.79 Å². The molecule has 1 aromatic heterocycles. The van der Waals surface area contributed by atoms with Crippen molar-refractivity contribution in [1.82, 2.24) is 15.2 Å². The number of likely N-dealkylation sites (tertiary alicyclic amines) is 1. The number of hydrogen-bond acceptors (Lipinski definition) is 3. The average Bonchev–Trinajstić information content (AvgIpc) is 3.04. The van der Waals surface area contributed by atoms with Crippen LogP contribution in [0.15, 0.2) is 18.3 Å². The van der Waals surface area contributed by atoms with Gasteiger partial charge in [-0.15, -0.1) is 0 Å². The number of nitrogens with zero attached hydrogens (tertiary/aromatic N) is 2. The highest BCUT2D eigenvalue weighted by atomic mass is 16.5. The third-order valence-electron chi connectivity index (χ3n) is 4.92. The van der Waals surface area contributed by atoms with Crippen molar-refractivity contribution in [3.8, 4) is 0 Å². The van der Waals surface area contributed by atoms with Gasteiger partial charge in [0.05, 0.1) is 19.3 Å². The molecule has 22 heavy (non-hydrogen) atoms. The molecular formula is C17H25N3O2. The summed E-state index contributed by atoms with van der Waals surface area (Å²) in [5, 5.41) is 3.03. The fourth-order valence-corrected chi connectivity index (χ4v) is 3.54. The molecule has 3 rings (SSSR count). The number of aryl methyl sites for hydroxylation is 1. The zero-order valence-corrected chi connectivity index (χ0v) is 13.6. The van der Waals surface area contributed by atoms with Crippen molar-refractivity contribution in [1.29, 1.82) is 0 Å². The van der Waals surface area contributed by atoms with Gasteiger partial charge in [0, 0.05) is 37.3 Å². The summed E-state index contributed by atoms with van der Waals surface area (Å²) in [4.78, 5) is 18.8. The molecule has 2 aliphatic rings. The van der Waals surface area contributed by atoms with Crippen molar-refractivity contribution in [2.24, 2.45) is 11.3 Å². The van der Waals surface area contributed by atoms with Crippen LogP contribution in [0, 0.1) is 18.3 Å². The molecule has 0 unspecified atom stereocenters. The molecule has 0 saturated carbocycles. The van der Waals surface area contributed by atoms with E-state index in [2.05, 4.69) is 24.1 Å². The van der Waals surface area contributed by atoms with Crippen LogP contribution in [0.2, 0.25) is 0 Å². The van der Waals surface area contributed by atoms with Crippen LogP contribution in [0.3, 0.4) is 0 Å². The van der Waals surface area contributed by atoms with Gasteiger partial charge < -0.3 is 15.0 Å². The fraction of sp³-hybridized carbons (Fsp3) is 0.647. The van der Waals surface area contributed by atoms with Crippen LogP contribution in [-0.4, -0.2) is 48.3 Å². The second-order valence-corrected chi connectivity index (χ2v) is 7.14. The first-order valence-corrected chi connectivity index (χ1v) is 8.01. The number of nitrogens with one attached hydrogen (secondary N) is 1. The SMILES string of the molecule is Cc1ccc(CCNC(=O)N2CC(C)(C)[C@@H]3COC[C@@H]32)nc1. The van der Waals surface area contributed by atoms with Gasteiger partial charge >= 0.3 is 6.03 Å². The smallest absolute Gasteiger partial charge is 0.317 e. The van der Waals surface area contributed by atoms with Crippen LogP contribution < -0.4 is 5.32 Å². The average molecular weight is 303 g/mol. The zero-order chi connectivity index (χ0) is 15.7. The summed E-state index contributed by atoms with van der Waals surface area (Å²) in [6.45, 7) is 9.33. The predicted octanol–water partition coefficient (Wildman–Crippen LogP) is 2.00. The number of fused-ring (bicyclic) bond motifs is 1. The monoisotopic (exact) mass is 303 g/mol. The molecule has 2 saturated heterocycles. The minimum atomic E-state index is 0.0261. The maximum atomic E-state index is 12.5. The minimum absolute atomic E-state index is 0.0261. The second-order valence-electron chi connectivity index (χ2n) is 7.14. The van der Waals surface area contributed by atoms with Gasteiger partial charge in [-0.3, -0.25) is 4.98 Å². The lowest BCUT2D eigenvalue weighted by molar-refractivity contribution is 0.124. The number of urea groups is 1. The normalized spacial score (nSPS) is 26.0. The number of hydrogen-bond donors (Lipinski definition) is 1. The van der Waals surface area contributed by atoms with Gasteiger partial charge in [-0.1, -0.05) is 19.9 Å². The Morgan fingerprint density at radius 3 is 3.00 bits per heavy atom. The van der Waals surface area contributed by atoms with Crippen LogP contribution in [0.5, 0.6) is 0 Å². The number of carbonyl (C=O) groups excluding carboxylic acids is 1. The summed E-state index contributed by atoms with van der Waals surface area (Å²) in [6.07, 6.45) is 2.62. The van der Waals surface area contributed by atoms with E-state index in [0.29, 0.717) is 19.1 Å². The quantitative estimate of drug-likeness (QED) is 0.929. The Bertz CT molecular complexity index is 541. The van der Waals surface area contributed by atoms with Crippen molar-refractivity contribution in [3.05, 3.63) is 29.6 Å². The van der Waals surface area contributed by atoms with Gasteiger partial charge in [-0.05, 0) is 24.0 Å². The summed E-state index contributed by atoms with van der Waals surface area (Å²) in [7, 11) is 0. The van der Waals surface area contributed by atoms with E-state index in [0.717, 1.165) is 30.8 Å². The van der Waals surface area contributed by atoms with Gasteiger partial charge in [0.15, 0.2) is 0 Å². The summed E-state index contributed by atoms with van der Waals surface area (Å²) >= 11 is 0. The molecule has 1 N–H and O–H groups in total. The largest absolute Gasteiger partial charge is 0.379 e. The summed E-state index contributed by atoms with van der Waals surface area (Å²) < 4.78 is 5.58. The van der Waals surface area contributed by atoms with Crippen molar-refractivity contribution < 1.29 is 9.53 Å². The molecule has 120 valence electrons. The molecule has 2 fully saturated rings. The Hall–Kier alpha value is -1.62. The number of aromatic nitrogens is 1.